The van der Waals surface area contributed by atoms with Crippen molar-refractivity contribution in [3.8, 4) is 11.4 Å². The number of thiazole rings is 1. The van der Waals surface area contributed by atoms with Gasteiger partial charge in [0, 0.05) is 57.6 Å². The molecular formula is C30H40Cl2N8O4S. The quantitative estimate of drug-likeness (QED) is 0.255. The van der Waals surface area contributed by atoms with Crippen molar-refractivity contribution < 1.29 is 19.4 Å². The molecule has 2 saturated heterocycles. The van der Waals surface area contributed by atoms with Crippen LogP contribution < -0.4 is 15.1 Å². The van der Waals surface area contributed by atoms with Crippen LogP contribution in [0, 0.1) is 6.92 Å². The normalized spacial score (nSPS) is 19.4. The van der Waals surface area contributed by atoms with Gasteiger partial charge in [-0.05, 0) is 33.1 Å². The van der Waals surface area contributed by atoms with E-state index in [-0.39, 0.29) is 39.3 Å². The Balaban J connectivity index is 1.28. The van der Waals surface area contributed by atoms with E-state index in [1.54, 1.807) is 19.3 Å². The SMILES string of the molecule is CCO[C@H]1CN(c2nc(-c3cnc(N4CCN(C(CC)CC)CC4)cn3)c(C(=O)O)s2)CC[C@H]1NC(=O)c1[nH]c(C)c(Cl)c1Cl. The third kappa shape index (κ3) is 7.22. The highest BCUT2D eigenvalue weighted by molar-refractivity contribution is 7.17. The highest BCUT2D eigenvalue weighted by Gasteiger charge is 2.34. The topological polar surface area (TPSA) is 140 Å². The first-order valence-electron chi connectivity index (χ1n) is 15.4. The molecule has 2 fully saturated rings. The minimum Gasteiger partial charge on any atom is -0.477 e. The molecular weight excluding hydrogens is 639 g/mol. The summed E-state index contributed by atoms with van der Waals surface area (Å²) in [7, 11) is 0. The predicted molar refractivity (Wildman–Crippen MR) is 177 cm³/mol. The van der Waals surface area contributed by atoms with Crippen LogP contribution in [-0.4, -0.2) is 106 Å². The van der Waals surface area contributed by atoms with Gasteiger partial charge in [0.25, 0.3) is 5.91 Å². The number of piperidine rings is 1. The maximum absolute atomic E-state index is 13.0. The second-order valence-electron chi connectivity index (χ2n) is 11.3. The Kier molecular flexibility index (Phi) is 10.9. The van der Waals surface area contributed by atoms with E-state index < -0.39 is 5.97 Å². The molecule has 3 aromatic heterocycles. The zero-order valence-electron chi connectivity index (χ0n) is 26.0. The van der Waals surface area contributed by atoms with Crippen molar-refractivity contribution in [3.63, 3.8) is 0 Å². The summed E-state index contributed by atoms with van der Waals surface area (Å²) < 4.78 is 6.02. The molecule has 12 nitrogen and oxygen atoms in total. The molecule has 0 spiro atoms. The summed E-state index contributed by atoms with van der Waals surface area (Å²) in [5, 5.41) is 14.1. The highest BCUT2D eigenvalue weighted by Crippen LogP contribution is 2.35. The first kappa shape index (κ1) is 33.4. The third-order valence-electron chi connectivity index (χ3n) is 8.60. The fourth-order valence-corrected chi connectivity index (χ4v) is 7.46. The molecule has 0 saturated carbocycles. The van der Waals surface area contributed by atoms with Gasteiger partial charge in [0.2, 0.25) is 0 Å². The Bertz CT molecular complexity index is 1490. The van der Waals surface area contributed by atoms with Gasteiger partial charge >= 0.3 is 5.97 Å². The maximum atomic E-state index is 13.0. The molecule has 1 amide bonds. The molecule has 0 radical (unpaired) electrons. The average molecular weight is 680 g/mol. The summed E-state index contributed by atoms with van der Waals surface area (Å²) in [6.45, 7) is 13.2. The lowest BCUT2D eigenvalue weighted by molar-refractivity contribution is 0.0272. The second kappa shape index (κ2) is 14.6. The van der Waals surface area contributed by atoms with E-state index in [0.717, 1.165) is 56.2 Å². The number of piperazine rings is 1. The predicted octanol–water partition coefficient (Wildman–Crippen LogP) is 4.97. The Labute approximate surface area is 277 Å². The van der Waals surface area contributed by atoms with Crippen molar-refractivity contribution in [1.29, 1.82) is 0 Å². The number of hydrogen-bond acceptors (Lipinski definition) is 10. The van der Waals surface area contributed by atoms with Crippen LogP contribution in [0.2, 0.25) is 10.0 Å². The molecule has 0 aromatic carbocycles. The maximum Gasteiger partial charge on any atom is 0.348 e. The minimum absolute atomic E-state index is 0.0999. The lowest BCUT2D eigenvalue weighted by atomic mass is 10.0. The lowest BCUT2D eigenvalue weighted by Gasteiger charge is -2.39. The van der Waals surface area contributed by atoms with Gasteiger partial charge in [0.1, 0.15) is 27.8 Å². The molecule has 2 aliphatic rings. The van der Waals surface area contributed by atoms with Gasteiger partial charge in [-0.3, -0.25) is 9.69 Å². The number of rotatable bonds is 11. The van der Waals surface area contributed by atoms with Crippen molar-refractivity contribution >= 4 is 57.4 Å². The summed E-state index contributed by atoms with van der Waals surface area (Å²) >= 11 is 13.5. The molecule has 0 bridgehead atoms. The number of carbonyl (C=O) groups excluding carboxylic acids is 1. The average Bonchev–Trinajstić information content (AvgIpc) is 3.61. The molecule has 45 heavy (non-hydrogen) atoms. The van der Waals surface area contributed by atoms with Gasteiger partial charge in [0.15, 0.2) is 5.13 Å². The summed E-state index contributed by atoms with van der Waals surface area (Å²) in [6.07, 6.45) is 5.80. The lowest BCUT2D eigenvalue weighted by Crippen LogP contribution is -2.55. The fourth-order valence-electron chi connectivity index (χ4n) is 6.10. The summed E-state index contributed by atoms with van der Waals surface area (Å²) in [5.41, 5.74) is 1.53. The van der Waals surface area contributed by atoms with Crippen LogP contribution >= 0.6 is 34.5 Å². The number of H-pyrrole nitrogens is 1. The summed E-state index contributed by atoms with van der Waals surface area (Å²) in [6, 6.07) is 0.315. The van der Waals surface area contributed by atoms with Gasteiger partial charge in [-0.1, -0.05) is 48.4 Å². The number of nitrogens with zero attached hydrogens (tertiary/aromatic N) is 6. The van der Waals surface area contributed by atoms with Crippen LogP contribution in [0.1, 0.15) is 65.9 Å². The number of aromatic nitrogens is 4. The molecule has 3 aromatic rings. The van der Waals surface area contributed by atoms with Gasteiger partial charge in [-0.25, -0.2) is 19.7 Å². The molecule has 2 atom stereocenters. The first-order chi connectivity index (χ1) is 21.6. The van der Waals surface area contributed by atoms with Crippen LogP contribution in [-0.2, 0) is 4.74 Å². The number of ether oxygens (including phenoxy) is 1. The Morgan fingerprint density at radius 2 is 1.82 bits per heavy atom. The van der Waals surface area contributed by atoms with Crippen molar-refractivity contribution in [3.05, 3.63) is 38.7 Å². The zero-order chi connectivity index (χ0) is 32.2. The number of carbonyl (C=O) groups is 2. The van der Waals surface area contributed by atoms with Crippen LogP contribution in [0.25, 0.3) is 11.4 Å². The van der Waals surface area contributed by atoms with E-state index in [1.807, 2.05) is 11.8 Å². The third-order valence-corrected chi connectivity index (χ3v) is 10.6. The highest BCUT2D eigenvalue weighted by atomic mass is 35.5. The number of anilines is 2. The van der Waals surface area contributed by atoms with Gasteiger partial charge < -0.3 is 29.9 Å². The zero-order valence-corrected chi connectivity index (χ0v) is 28.3. The van der Waals surface area contributed by atoms with E-state index in [9.17, 15) is 14.7 Å². The molecule has 5 rings (SSSR count). The number of hydrogen-bond donors (Lipinski definition) is 3. The van der Waals surface area contributed by atoms with E-state index in [0.29, 0.717) is 53.7 Å². The van der Waals surface area contributed by atoms with Gasteiger partial charge in [-0.2, -0.15) is 0 Å². The van der Waals surface area contributed by atoms with E-state index in [4.69, 9.17) is 32.9 Å². The minimum atomic E-state index is -1.07. The summed E-state index contributed by atoms with van der Waals surface area (Å²) in [5.74, 6) is -0.660. The largest absolute Gasteiger partial charge is 0.477 e. The Morgan fingerprint density at radius 1 is 1.09 bits per heavy atom. The number of amides is 1. The second-order valence-corrected chi connectivity index (χ2v) is 13.0. The van der Waals surface area contributed by atoms with Crippen LogP contribution in [0.4, 0.5) is 10.9 Å². The number of nitrogens with one attached hydrogen (secondary N) is 2. The number of aryl methyl sites for hydroxylation is 1. The number of aromatic amines is 1. The number of halogens is 2. The molecule has 3 N–H and O–H groups in total. The van der Waals surface area contributed by atoms with Gasteiger partial charge in [-0.15, -0.1) is 0 Å². The van der Waals surface area contributed by atoms with Crippen molar-refractivity contribution in [2.24, 2.45) is 0 Å². The summed E-state index contributed by atoms with van der Waals surface area (Å²) in [4.78, 5) is 49.0. The van der Waals surface area contributed by atoms with Crippen LogP contribution in [0.15, 0.2) is 12.4 Å². The smallest absolute Gasteiger partial charge is 0.348 e. The van der Waals surface area contributed by atoms with E-state index in [2.05, 4.69) is 43.9 Å². The van der Waals surface area contributed by atoms with Crippen molar-refractivity contribution in [2.45, 2.75) is 65.1 Å². The standard InChI is InChI=1S/C30H40Cl2N8O4S/c1-5-18(6-2)38-10-12-39(13-11-38)22-15-33-20(14-34-22)25-27(29(42)43)45-30(37-25)40-9-8-19(21(16-40)44-7-3)36-28(41)26-24(32)23(31)17(4)35-26/h14-15,18-19,21,35H,5-13,16H2,1-4H3,(H,36,41)(H,42,43)/t19-,21+/m1/s1. The number of carboxylic acids is 1. The fraction of sp³-hybridized carbons (Fsp3) is 0.567. The van der Waals surface area contributed by atoms with Crippen molar-refractivity contribution in [1.82, 2.24) is 30.2 Å². The molecule has 0 unspecified atom stereocenters. The van der Waals surface area contributed by atoms with Crippen LogP contribution in [0.3, 0.4) is 0 Å². The molecule has 244 valence electrons. The van der Waals surface area contributed by atoms with E-state index >= 15 is 0 Å². The number of carboxylic acid groups (broad SMARTS) is 1. The van der Waals surface area contributed by atoms with Gasteiger partial charge in [0.05, 0.1) is 34.6 Å². The van der Waals surface area contributed by atoms with E-state index in [1.165, 1.54) is 0 Å². The molecule has 5 heterocycles. The molecule has 0 aliphatic carbocycles. The van der Waals surface area contributed by atoms with Crippen LogP contribution in [0.5, 0.6) is 0 Å². The Hall–Kier alpha value is -2.97. The first-order valence-corrected chi connectivity index (χ1v) is 17.0. The molecule has 2 aliphatic heterocycles. The number of aromatic carboxylic acids is 1. The van der Waals surface area contributed by atoms with Crippen molar-refractivity contribution in [2.75, 3.05) is 55.7 Å². The molecule has 15 heteroatoms. The monoisotopic (exact) mass is 678 g/mol. The Morgan fingerprint density at radius 3 is 2.40 bits per heavy atom.